The predicted octanol–water partition coefficient (Wildman–Crippen LogP) is 4.41. The van der Waals surface area contributed by atoms with Gasteiger partial charge in [0.05, 0.1) is 31.8 Å². The molecule has 0 aliphatic carbocycles. The molecule has 3 aromatic carbocycles. The van der Waals surface area contributed by atoms with E-state index in [0.29, 0.717) is 31.7 Å². The zero-order valence-electron chi connectivity index (χ0n) is 21.8. The molecule has 1 N–H and O–H groups in total. The number of amides is 2. The Bertz CT molecular complexity index is 1210. The second kappa shape index (κ2) is 12.2. The molecule has 0 radical (unpaired) electrons. The smallest absolute Gasteiger partial charge is 0.254 e. The molecule has 0 bridgehead atoms. The third-order valence-electron chi connectivity index (χ3n) is 7.17. The first-order valence-electron chi connectivity index (χ1n) is 12.9. The summed E-state index contributed by atoms with van der Waals surface area (Å²) in [6, 6.07) is 24.9. The fourth-order valence-corrected chi connectivity index (χ4v) is 4.83. The molecule has 1 heterocycles. The summed E-state index contributed by atoms with van der Waals surface area (Å²) in [6.07, 6.45) is 0.0168. The maximum Gasteiger partial charge on any atom is 0.254 e. The van der Waals surface area contributed by atoms with Crippen LogP contribution in [0.5, 0.6) is 0 Å². The number of likely N-dealkylation sites (N-methyl/N-ethyl adjacent to an activating group) is 1. The lowest BCUT2D eigenvalue weighted by Crippen LogP contribution is -2.47. The van der Waals surface area contributed by atoms with Gasteiger partial charge in [0.2, 0.25) is 5.91 Å². The van der Waals surface area contributed by atoms with E-state index in [1.165, 1.54) is 0 Å². The quantitative estimate of drug-likeness (QED) is 0.544. The highest BCUT2D eigenvalue weighted by atomic mass is 16.5. The molecule has 4 rings (SSSR count). The van der Waals surface area contributed by atoms with Crippen LogP contribution in [0.1, 0.15) is 35.3 Å². The van der Waals surface area contributed by atoms with Crippen LogP contribution in [-0.4, -0.2) is 65.6 Å². The van der Waals surface area contributed by atoms with Gasteiger partial charge in [-0.3, -0.25) is 9.59 Å². The average molecular weight is 501 g/mol. The van der Waals surface area contributed by atoms with Crippen molar-refractivity contribution in [3.8, 4) is 11.1 Å². The first kappa shape index (κ1) is 26.6. The second-order valence-electron chi connectivity index (χ2n) is 9.96. The van der Waals surface area contributed by atoms with Crippen LogP contribution in [0.4, 0.5) is 0 Å². The Kier molecular flexibility index (Phi) is 8.74. The van der Waals surface area contributed by atoms with Crippen molar-refractivity contribution in [1.29, 1.82) is 0 Å². The fraction of sp³-hybridized carbons (Fsp3) is 0.355. The first-order chi connectivity index (χ1) is 17.9. The van der Waals surface area contributed by atoms with Gasteiger partial charge in [0.15, 0.2) is 0 Å². The molecule has 6 heteroatoms. The van der Waals surface area contributed by atoms with Crippen molar-refractivity contribution >= 4 is 11.8 Å². The summed E-state index contributed by atoms with van der Waals surface area (Å²) in [7, 11) is 1.80. The number of rotatable bonds is 6. The SMILES string of the molecule is C[C@@H]1CN([C@@H](C)CO)C(=O)c2ccccc2-c2ccccc2CO[C@H]1CN(C)C(=O)Cc1ccccc1. The van der Waals surface area contributed by atoms with Crippen molar-refractivity contribution in [1.82, 2.24) is 9.80 Å². The summed E-state index contributed by atoms with van der Waals surface area (Å²) in [5, 5.41) is 9.99. The minimum atomic E-state index is -0.364. The number of fused-ring (bicyclic) bond motifs is 3. The minimum absolute atomic E-state index is 0.0146. The number of carbonyl (C=O) groups is 2. The van der Waals surface area contributed by atoms with Crippen molar-refractivity contribution < 1.29 is 19.4 Å². The molecule has 0 spiro atoms. The van der Waals surface area contributed by atoms with Gasteiger partial charge in [-0.1, -0.05) is 79.7 Å². The summed E-state index contributed by atoms with van der Waals surface area (Å²) < 4.78 is 6.50. The minimum Gasteiger partial charge on any atom is -0.394 e. The third-order valence-corrected chi connectivity index (χ3v) is 7.17. The normalized spacial score (nSPS) is 18.8. The Labute approximate surface area is 219 Å². The Hall–Kier alpha value is -3.48. The van der Waals surface area contributed by atoms with E-state index in [2.05, 4.69) is 0 Å². The van der Waals surface area contributed by atoms with Gasteiger partial charge in [-0.05, 0) is 35.2 Å². The number of nitrogens with zero attached hydrogens (tertiary/aromatic N) is 2. The third kappa shape index (κ3) is 6.27. The molecule has 0 saturated heterocycles. The summed E-state index contributed by atoms with van der Waals surface area (Å²) in [6.45, 7) is 4.92. The first-order valence-corrected chi connectivity index (χ1v) is 12.9. The second-order valence-corrected chi connectivity index (χ2v) is 9.96. The predicted molar refractivity (Wildman–Crippen MR) is 145 cm³/mol. The summed E-state index contributed by atoms with van der Waals surface area (Å²) >= 11 is 0. The zero-order valence-corrected chi connectivity index (χ0v) is 21.8. The molecule has 1 aliphatic heterocycles. The topological polar surface area (TPSA) is 70.1 Å². The molecule has 194 valence electrons. The highest BCUT2D eigenvalue weighted by Crippen LogP contribution is 2.31. The maximum atomic E-state index is 13.9. The Balaban J connectivity index is 1.66. The number of carbonyl (C=O) groups excluding carboxylic acids is 2. The van der Waals surface area contributed by atoms with Gasteiger partial charge < -0.3 is 19.6 Å². The van der Waals surface area contributed by atoms with Crippen molar-refractivity contribution in [2.24, 2.45) is 5.92 Å². The molecule has 3 aromatic rings. The molecule has 0 aromatic heterocycles. The summed E-state index contributed by atoms with van der Waals surface area (Å²) in [5.41, 5.74) is 4.36. The fourth-order valence-electron chi connectivity index (χ4n) is 4.83. The van der Waals surface area contributed by atoms with E-state index in [9.17, 15) is 14.7 Å². The van der Waals surface area contributed by atoms with Crippen LogP contribution >= 0.6 is 0 Å². The molecule has 2 amide bonds. The maximum absolute atomic E-state index is 13.9. The van der Waals surface area contributed by atoms with E-state index in [1.54, 1.807) is 16.8 Å². The van der Waals surface area contributed by atoms with E-state index < -0.39 is 0 Å². The van der Waals surface area contributed by atoms with Crippen LogP contribution in [0.3, 0.4) is 0 Å². The lowest BCUT2D eigenvalue weighted by atomic mass is 9.94. The van der Waals surface area contributed by atoms with Crippen LogP contribution < -0.4 is 0 Å². The molecule has 0 saturated carbocycles. The number of hydrogen-bond acceptors (Lipinski definition) is 4. The Morgan fingerprint density at radius 3 is 2.32 bits per heavy atom. The molecule has 1 aliphatic rings. The number of benzene rings is 3. The number of aliphatic hydroxyl groups is 1. The Morgan fingerprint density at radius 2 is 1.62 bits per heavy atom. The average Bonchev–Trinajstić information content (AvgIpc) is 2.94. The number of ether oxygens (including phenoxy) is 1. The van der Waals surface area contributed by atoms with Crippen LogP contribution in [0.15, 0.2) is 78.9 Å². The highest BCUT2D eigenvalue weighted by Gasteiger charge is 2.31. The lowest BCUT2D eigenvalue weighted by Gasteiger charge is -2.35. The van der Waals surface area contributed by atoms with Crippen LogP contribution in [0.25, 0.3) is 11.1 Å². The molecule has 6 nitrogen and oxygen atoms in total. The van der Waals surface area contributed by atoms with Crippen LogP contribution in [0, 0.1) is 5.92 Å². The van der Waals surface area contributed by atoms with E-state index in [4.69, 9.17) is 4.74 Å². The van der Waals surface area contributed by atoms with Gasteiger partial charge in [0.25, 0.3) is 5.91 Å². The molecule has 37 heavy (non-hydrogen) atoms. The van der Waals surface area contributed by atoms with E-state index in [-0.39, 0.29) is 36.5 Å². The summed E-state index contributed by atoms with van der Waals surface area (Å²) in [5.74, 6) is -0.184. The van der Waals surface area contributed by atoms with E-state index in [1.807, 2.05) is 92.7 Å². The monoisotopic (exact) mass is 500 g/mol. The van der Waals surface area contributed by atoms with Gasteiger partial charge in [0, 0.05) is 31.6 Å². The molecule has 0 fully saturated rings. The van der Waals surface area contributed by atoms with Gasteiger partial charge in [-0.25, -0.2) is 0 Å². The van der Waals surface area contributed by atoms with Gasteiger partial charge in [0.1, 0.15) is 0 Å². The zero-order chi connectivity index (χ0) is 26.4. The largest absolute Gasteiger partial charge is 0.394 e. The van der Waals surface area contributed by atoms with Crippen molar-refractivity contribution in [3.63, 3.8) is 0 Å². The van der Waals surface area contributed by atoms with Gasteiger partial charge in [-0.2, -0.15) is 0 Å². The van der Waals surface area contributed by atoms with Crippen molar-refractivity contribution in [2.45, 2.75) is 39.0 Å². The highest BCUT2D eigenvalue weighted by molar-refractivity contribution is 6.01. The van der Waals surface area contributed by atoms with Crippen LogP contribution in [-0.2, 0) is 22.6 Å². The Morgan fingerprint density at radius 1 is 1.00 bits per heavy atom. The van der Waals surface area contributed by atoms with Crippen molar-refractivity contribution in [3.05, 3.63) is 95.6 Å². The molecule has 0 unspecified atom stereocenters. The van der Waals surface area contributed by atoms with Gasteiger partial charge >= 0.3 is 0 Å². The lowest BCUT2D eigenvalue weighted by molar-refractivity contribution is -0.132. The molecular weight excluding hydrogens is 464 g/mol. The summed E-state index contributed by atoms with van der Waals surface area (Å²) in [4.78, 5) is 30.3. The molecule has 3 atom stereocenters. The standard InChI is InChI=1S/C31H36N2O4/c1-22-18-33(23(2)20-34)31(36)28-16-10-9-15-27(28)26-14-8-7-13-25(26)21-37-29(22)19-32(3)30(35)17-24-11-5-4-6-12-24/h4-16,22-23,29,34H,17-21H2,1-3H3/t22-,23+,29+/m1/s1. The number of hydrogen-bond donors (Lipinski definition) is 1. The number of aliphatic hydroxyl groups excluding tert-OH is 1. The molecular formula is C31H36N2O4. The van der Waals surface area contributed by atoms with Crippen LogP contribution in [0.2, 0.25) is 0 Å². The van der Waals surface area contributed by atoms with E-state index >= 15 is 0 Å². The van der Waals surface area contributed by atoms with Crippen molar-refractivity contribution in [2.75, 3.05) is 26.7 Å². The van der Waals surface area contributed by atoms with E-state index in [0.717, 1.165) is 22.3 Å². The van der Waals surface area contributed by atoms with Gasteiger partial charge in [-0.15, -0.1) is 0 Å².